The van der Waals surface area contributed by atoms with Crippen LogP contribution in [0.15, 0.2) is 57.6 Å². The second-order valence-electron chi connectivity index (χ2n) is 6.23. The van der Waals surface area contributed by atoms with Crippen molar-refractivity contribution in [3.63, 3.8) is 0 Å². The number of hydrogen-bond acceptors (Lipinski definition) is 3. The van der Waals surface area contributed by atoms with Gasteiger partial charge < -0.3 is 9.73 Å². The van der Waals surface area contributed by atoms with Crippen LogP contribution in [0.5, 0.6) is 0 Å². The van der Waals surface area contributed by atoms with Gasteiger partial charge >= 0.3 is 0 Å². The molecule has 1 atom stereocenters. The van der Waals surface area contributed by atoms with Gasteiger partial charge in [-0.2, -0.15) is 0 Å². The third-order valence-electron chi connectivity index (χ3n) is 4.49. The van der Waals surface area contributed by atoms with Crippen LogP contribution in [-0.2, 0) is 4.79 Å². The summed E-state index contributed by atoms with van der Waals surface area (Å²) in [5.41, 5.74) is 0.983. The lowest BCUT2D eigenvalue weighted by Gasteiger charge is -2.33. The van der Waals surface area contributed by atoms with Crippen molar-refractivity contribution in [2.24, 2.45) is 0 Å². The van der Waals surface area contributed by atoms with E-state index in [1.165, 1.54) is 19.3 Å². The molecule has 1 amide bonds. The van der Waals surface area contributed by atoms with Gasteiger partial charge in [0.05, 0.1) is 12.3 Å². The summed E-state index contributed by atoms with van der Waals surface area (Å²) >= 11 is 3.48. The molecule has 1 saturated heterocycles. The second kappa shape index (κ2) is 9.02. The Hall–Kier alpha value is -1.85. The first-order valence-corrected chi connectivity index (χ1v) is 9.51. The van der Waals surface area contributed by atoms with Gasteiger partial charge in [-0.25, -0.2) is 0 Å². The van der Waals surface area contributed by atoms with E-state index < -0.39 is 0 Å². The van der Waals surface area contributed by atoms with Crippen LogP contribution in [0.3, 0.4) is 0 Å². The molecule has 1 aromatic carbocycles. The molecule has 1 aliphatic rings. The topological polar surface area (TPSA) is 45.5 Å². The van der Waals surface area contributed by atoms with E-state index in [0.29, 0.717) is 6.54 Å². The molecule has 2 aromatic rings. The number of nitrogens with zero attached hydrogens (tertiary/aromatic N) is 1. The molecule has 1 fully saturated rings. The van der Waals surface area contributed by atoms with E-state index in [1.807, 2.05) is 42.5 Å². The maximum absolute atomic E-state index is 12.2. The average Bonchev–Trinajstić information content (AvgIpc) is 3.16. The number of hydrogen-bond donors (Lipinski definition) is 1. The van der Waals surface area contributed by atoms with E-state index in [-0.39, 0.29) is 11.9 Å². The highest BCUT2D eigenvalue weighted by Gasteiger charge is 2.24. The minimum atomic E-state index is -0.0932. The molecule has 0 bridgehead atoms. The van der Waals surface area contributed by atoms with Crippen molar-refractivity contribution in [2.45, 2.75) is 25.3 Å². The zero-order valence-electron chi connectivity index (χ0n) is 14.2. The van der Waals surface area contributed by atoms with Gasteiger partial charge in [-0.15, -0.1) is 0 Å². The average molecular weight is 403 g/mol. The Bertz CT molecular complexity index is 706. The van der Waals surface area contributed by atoms with Gasteiger partial charge in [0.2, 0.25) is 5.91 Å². The maximum Gasteiger partial charge on any atom is 0.244 e. The van der Waals surface area contributed by atoms with Crippen LogP contribution in [0.4, 0.5) is 0 Å². The molecular formula is C20H23BrN2O2. The van der Waals surface area contributed by atoms with Gasteiger partial charge in [-0.1, -0.05) is 40.5 Å². The quantitative estimate of drug-likeness (QED) is 0.728. The summed E-state index contributed by atoms with van der Waals surface area (Å²) in [7, 11) is 0. The number of carbonyl (C=O) groups is 1. The third-order valence-corrected chi connectivity index (χ3v) is 5.21. The zero-order chi connectivity index (χ0) is 17.5. The normalized spacial score (nSPS) is 16.8. The van der Waals surface area contributed by atoms with E-state index in [4.69, 9.17) is 4.42 Å². The minimum absolute atomic E-state index is 0.0932. The summed E-state index contributed by atoms with van der Waals surface area (Å²) in [5, 5.41) is 3.02. The van der Waals surface area contributed by atoms with Gasteiger partial charge in [-0.05, 0) is 55.8 Å². The molecule has 132 valence electrons. The molecule has 1 unspecified atom stereocenters. The maximum atomic E-state index is 12.2. The Morgan fingerprint density at radius 2 is 2.00 bits per heavy atom. The van der Waals surface area contributed by atoms with Gasteiger partial charge in [0.1, 0.15) is 5.76 Å². The molecule has 0 aliphatic carbocycles. The Morgan fingerprint density at radius 3 is 2.72 bits per heavy atom. The first-order valence-electron chi connectivity index (χ1n) is 8.72. The molecule has 0 spiro atoms. The monoisotopic (exact) mass is 402 g/mol. The molecule has 0 saturated carbocycles. The van der Waals surface area contributed by atoms with Crippen LogP contribution in [-0.4, -0.2) is 30.4 Å². The first kappa shape index (κ1) is 18.0. The summed E-state index contributed by atoms with van der Waals surface area (Å²) in [4.78, 5) is 14.6. The predicted octanol–water partition coefficient (Wildman–Crippen LogP) is 4.40. The molecule has 1 aliphatic heterocycles. The Kier molecular flexibility index (Phi) is 6.48. The smallest absolute Gasteiger partial charge is 0.244 e. The van der Waals surface area contributed by atoms with E-state index >= 15 is 0 Å². The Morgan fingerprint density at radius 1 is 1.20 bits per heavy atom. The van der Waals surface area contributed by atoms with Gasteiger partial charge in [0.25, 0.3) is 0 Å². The van der Waals surface area contributed by atoms with Crippen molar-refractivity contribution < 1.29 is 9.21 Å². The van der Waals surface area contributed by atoms with E-state index in [1.54, 1.807) is 12.3 Å². The molecular weight excluding hydrogens is 380 g/mol. The number of rotatable bonds is 6. The van der Waals surface area contributed by atoms with Crippen molar-refractivity contribution >= 4 is 27.9 Å². The molecule has 4 nitrogen and oxygen atoms in total. The lowest BCUT2D eigenvalue weighted by atomic mass is 10.1. The minimum Gasteiger partial charge on any atom is -0.468 e. The van der Waals surface area contributed by atoms with Crippen molar-refractivity contribution in [2.75, 3.05) is 19.6 Å². The van der Waals surface area contributed by atoms with Crippen molar-refractivity contribution in [1.82, 2.24) is 10.2 Å². The molecule has 0 radical (unpaired) electrons. The van der Waals surface area contributed by atoms with Crippen LogP contribution in [0.25, 0.3) is 6.08 Å². The third kappa shape index (κ3) is 5.06. The van der Waals surface area contributed by atoms with Crippen LogP contribution in [0, 0.1) is 0 Å². The van der Waals surface area contributed by atoms with Gasteiger partial charge in [-0.3, -0.25) is 9.69 Å². The number of furan rings is 1. The highest BCUT2D eigenvalue weighted by Crippen LogP contribution is 2.24. The standard InChI is InChI=1S/C20H23BrN2O2/c21-17-8-3-2-7-16(17)10-11-20(24)22-15-18(19-9-6-14-25-19)23-12-4-1-5-13-23/h2-3,6-11,14,18H,1,4-5,12-13,15H2,(H,22,24). The second-order valence-corrected chi connectivity index (χ2v) is 7.08. The fourth-order valence-electron chi connectivity index (χ4n) is 3.15. The Balaban J connectivity index is 1.60. The van der Waals surface area contributed by atoms with Crippen molar-refractivity contribution in [1.29, 1.82) is 0 Å². The lowest BCUT2D eigenvalue weighted by molar-refractivity contribution is -0.116. The zero-order valence-corrected chi connectivity index (χ0v) is 15.7. The number of nitrogens with one attached hydrogen (secondary N) is 1. The van der Waals surface area contributed by atoms with Crippen molar-refractivity contribution in [3.8, 4) is 0 Å². The largest absolute Gasteiger partial charge is 0.468 e. The van der Waals surface area contributed by atoms with Crippen LogP contribution < -0.4 is 5.32 Å². The molecule has 5 heteroatoms. The van der Waals surface area contributed by atoms with Gasteiger partial charge in [0.15, 0.2) is 0 Å². The molecule has 3 rings (SSSR count). The summed E-state index contributed by atoms with van der Waals surface area (Å²) in [6.45, 7) is 2.65. The van der Waals surface area contributed by atoms with E-state index in [9.17, 15) is 4.79 Å². The van der Waals surface area contributed by atoms with E-state index in [2.05, 4.69) is 26.1 Å². The summed E-state index contributed by atoms with van der Waals surface area (Å²) in [6, 6.07) is 11.8. The highest BCUT2D eigenvalue weighted by molar-refractivity contribution is 9.10. The van der Waals surface area contributed by atoms with Crippen LogP contribution in [0.1, 0.15) is 36.6 Å². The number of benzene rings is 1. The highest BCUT2D eigenvalue weighted by atomic mass is 79.9. The fraction of sp³-hybridized carbons (Fsp3) is 0.350. The molecule has 2 heterocycles. The first-order chi connectivity index (χ1) is 12.2. The van der Waals surface area contributed by atoms with E-state index in [0.717, 1.165) is 28.9 Å². The van der Waals surface area contributed by atoms with Crippen molar-refractivity contribution in [3.05, 3.63) is 64.5 Å². The van der Waals surface area contributed by atoms with Crippen LogP contribution in [0.2, 0.25) is 0 Å². The number of amides is 1. The number of likely N-dealkylation sites (tertiary alicyclic amines) is 1. The summed E-state index contributed by atoms with van der Waals surface area (Å²) < 4.78 is 6.58. The Labute approximate surface area is 157 Å². The molecule has 1 N–H and O–H groups in total. The molecule has 1 aromatic heterocycles. The number of piperidine rings is 1. The summed E-state index contributed by atoms with van der Waals surface area (Å²) in [5.74, 6) is 0.821. The van der Waals surface area contributed by atoms with Gasteiger partial charge in [0, 0.05) is 17.1 Å². The lowest BCUT2D eigenvalue weighted by Crippen LogP contribution is -2.40. The SMILES string of the molecule is O=C(C=Cc1ccccc1Br)NCC(c1ccco1)N1CCCCC1. The fourth-order valence-corrected chi connectivity index (χ4v) is 3.57. The molecule has 25 heavy (non-hydrogen) atoms. The summed E-state index contributed by atoms with van der Waals surface area (Å²) in [6.07, 6.45) is 8.78. The van der Waals surface area contributed by atoms with Crippen LogP contribution >= 0.6 is 15.9 Å². The number of halogens is 1. The predicted molar refractivity (Wildman–Crippen MR) is 103 cm³/mol. The number of carbonyl (C=O) groups excluding carboxylic acids is 1.